The number of aromatic nitrogens is 1. The summed E-state index contributed by atoms with van der Waals surface area (Å²) in [6.07, 6.45) is 5.05. The molecule has 2 heterocycles. The van der Waals surface area contributed by atoms with Crippen LogP contribution in [0.1, 0.15) is 31.1 Å². The Bertz CT molecular complexity index is 1070. The molecule has 1 aliphatic carbocycles. The molecule has 0 saturated heterocycles. The number of halogens is 1. The van der Waals surface area contributed by atoms with E-state index in [1.54, 1.807) is 30.5 Å². The van der Waals surface area contributed by atoms with Crippen molar-refractivity contribution < 1.29 is 17.6 Å². The molecule has 0 amide bonds. The second-order valence-electron chi connectivity index (χ2n) is 6.26. The zero-order chi connectivity index (χ0) is 19.0. The van der Waals surface area contributed by atoms with E-state index in [9.17, 15) is 8.42 Å². The number of nitrogens with one attached hydrogen (secondary N) is 1. The Kier molecular flexibility index (Phi) is 4.88. The molecule has 0 bridgehead atoms. The molecule has 0 radical (unpaired) electrons. The fraction of sp³-hybridized carbons (Fsp3) is 0.278. The molecule has 0 spiro atoms. The molecule has 4 rings (SSSR count). The van der Waals surface area contributed by atoms with E-state index >= 15 is 0 Å². The summed E-state index contributed by atoms with van der Waals surface area (Å²) in [7, 11) is -2.23. The largest absolute Gasteiger partial charge is 0.495 e. The molecular formula is C18H17ClN2O4S2. The minimum Gasteiger partial charge on any atom is -0.495 e. The van der Waals surface area contributed by atoms with E-state index in [2.05, 4.69) is 9.71 Å². The lowest BCUT2D eigenvalue weighted by molar-refractivity contribution is 0.338. The average Bonchev–Trinajstić information content (AvgIpc) is 3.22. The van der Waals surface area contributed by atoms with Gasteiger partial charge in [-0.15, -0.1) is 11.3 Å². The van der Waals surface area contributed by atoms with Crippen LogP contribution in [0.3, 0.4) is 0 Å². The second kappa shape index (κ2) is 7.18. The number of sulfonamides is 1. The Morgan fingerprint density at radius 1 is 1.30 bits per heavy atom. The van der Waals surface area contributed by atoms with Crippen molar-refractivity contribution in [3.05, 3.63) is 47.4 Å². The van der Waals surface area contributed by atoms with E-state index in [1.807, 2.05) is 0 Å². The van der Waals surface area contributed by atoms with Crippen molar-refractivity contribution in [3.8, 4) is 16.4 Å². The van der Waals surface area contributed by atoms with E-state index in [-0.39, 0.29) is 4.21 Å². The fourth-order valence-corrected chi connectivity index (χ4v) is 5.34. The number of rotatable bonds is 6. The van der Waals surface area contributed by atoms with Gasteiger partial charge in [0.1, 0.15) is 9.96 Å². The first kappa shape index (κ1) is 18.3. The van der Waals surface area contributed by atoms with Gasteiger partial charge < -0.3 is 9.15 Å². The number of benzene rings is 1. The van der Waals surface area contributed by atoms with Crippen LogP contribution >= 0.6 is 22.9 Å². The van der Waals surface area contributed by atoms with Crippen LogP contribution in [0.2, 0.25) is 5.02 Å². The molecule has 1 aliphatic rings. The van der Waals surface area contributed by atoms with E-state index in [0.717, 1.165) is 34.9 Å². The number of thiophene rings is 1. The number of hydrogen-bond acceptors (Lipinski definition) is 6. The Balaban J connectivity index is 1.54. The highest BCUT2D eigenvalue weighted by Crippen LogP contribution is 2.39. The smallest absolute Gasteiger partial charge is 0.271 e. The molecule has 1 saturated carbocycles. The topological polar surface area (TPSA) is 81.4 Å². The second-order valence-corrected chi connectivity index (χ2v) is 9.66. The summed E-state index contributed by atoms with van der Waals surface area (Å²) in [5.74, 6) is 2.20. The van der Waals surface area contributed by atoms with E-state index in [1.165, 1.54) is 19.6 Å². The Hall–Kier alpha value is -2.03. The standard InChI is InChI=1S/C18H17ClN2O4S2/c1-24-14-6-5-12(9-13(14)19)21-27(22,23)17-8-7-16(26-17)15-10-20-18(25-15)11-3-2-4-11/h5-11,21H,2-4H2,1H3. The molecule has 0 aliphatic heterocycles. The molecular weight excluding hydrogens is 408 g/mol. The van der Waals surface area contributed by atoms with E-state index in [4.69, 9.17) is 20.8 Å². The normalized spacial score (nSPS) is 14.7. The van der Waals surface area contributed by atoms with Crippen LogP contribution in [0, 0.1) is 0 Å². The van der Waals surface area contributed by atoms with Crippen molar-refractivity contribution >= 4 is 38.6 Å². The van der Waals surface area contributed by atoms with Gasteiger partial charge in [-0.1, -0.05) is 18.0 Å². The maximum atomic E-state index is 12.7. The van der Waals surface area contributed by atoms with Gasteiger partial charge in [0.15, 0.2) is 11.7 Å². The van der Waals surface area contributed by atoms with Crippen molar-refractivity contribution in [2.45, 2.75) is 29.4 Å². The third kappa shape index (κ3) is 3.69. The Morgan fingerprint density at radius 2 is 2.11 bits per heavy atom. The number of anilines is 1. The van der Waals surface area contributed by atoms with Gasteiger partial charge in [-0.3, -0.25) is 4.72 Å². The molecule has 3 aromatic rings. The minimum atomic E-state index is -3.73. The molecule has 6 nitrogen and oxygen atoms in total. The van der Waals surface area contributed by atoms with Gasteiger partial charge in [0.2, 0.25) is 0 Å². The first-order valence-electron chi connectivity index (χ1n) is 8.38. The number of hydrogen-bond donors (Lipinski definition) is 1. The average molecular weight is 425 g/mol. The third-order valence-corrected chi connectivity index (χ3v) is 7.74. The molecule has 1 fully saturated rings. The van der Waals surface area contributed by atoms with Crippen molar-refractivity contribution in [2.75, 3.05) is 11.8 Å². The van der Waals surface area contributed by atoms with Crippen molar-refractivity contribution in [3.63, 3.8) is 0 Å². The van der Waals surface area contributed by atoms with Crippen LogP contribution in [0.4, 0.5) is 5.69 Å². The maximum absolute atomic E-state index is 12.7. The van der Waals surface area contributed by atoms with Gasteiger partial charge in [-0.25, -0.2) is 13.4 Å². The van der Waals surface area contributed by atoms with Gasteiger partial charge in [0, 0.05) is 5.92 Å². The summed E-state index contributed by atoms with van der Waals surface area (Å²) in [5, 5.41) is 0.328. The first-order chi connectivity index (χ1) is 13.0. The van der Waals surface area contributed by atoms with Crippen LogP contribution in [0.15, 0.2) is 45.2 Å². The minimum absolute atomic E-state index is 0.186. The lowest BCUT2D eigenvalue weighted by atomic mass is 9.85. The van der Waals surface area contributed by atoms with E-state index < -0.39 is 10.0 Å². The quantitative estimate of drug-likeness (QED) is 0.592. The number of nitrogens with zero attached hydrogens (tertiary/aromatic N) is 1. The molecule has 9 heteroatoms. The predicted octanol–water partition coefficient (Wildman–Crippen LogP) is 5.13. The van der Waals surface area contributed by atoms with Gasteiger partial charge >= 0.3 is 0 Å². The number of ether oxygens (including phenoxy) is 1. The van der Waals surface area contributed by atoms with Gasteiger partial charge in [0.25, 0.3) is 10.0 Å². The lowest BCUT2D eigenvalue weighted by Gasteiger charge is -2.21. The summed E-state index contributed by atoms with van der Waals surface area (Å²) in [4.78, 5) is 5.05. The number of oxazole rings is 1. The summed E-state index contributed by atoms with van der Waals surface area (Å²) in [5.41, 5.74) is 0.364. The van der Waals surface area contributed by atoms with Crippen molar-refractivity contribution in [1.82, 2.24) is 4.98 Å². The number of methoxy groups -OCH3 is 1. The molecule has 142 valence electrons. The molecule has 2 aromatic heterocycles. The van der Waals surface area contributed by atoms with Crippen LogP contribution < -0.4 is 9.46 Å². The summed E-state index contributed by atoms with van der Waals surface area (Å²) >= 11 is 7.19. The summed E-state index contributed by atoms with van der Waals surface area (Å²) < 4.78 is 38.9. The zero-order valence-electron chi connectivity index (χ0n) is 14.4. The molecule has 0 atom stereocenters. The molecule has 1 aromatic carbocycles. The monoisotopic (exact) mass is 424 g/mol. The van der Waals surface area contributed by atoms with Crippen LogP contribution in [-0.2, 0) is 10.0 Å². The fourth-order valence-electron chi connectivity index (χ4n) is 2.78. The first-order valence-corrected chi connectivity index (χ1v) is 11.1. The van der Waals surface area contributed by atoms with Crippen LogP contribution in [0.25, 0.3) is 10.6 Å². The van der Waals surface area contributed by atoms with Crippen molar-refractivity contribution in [1.29, 1.82) is 0 Å². The van der Waals surface area contributed by atoms with Crippen LogP contribution in [-0.4, -0.2) is 20.5 Å². The summed E-state index contributed by atoms with van der Waals surface area (Å²) in [6.45, 7) is 0. The summed E-state index contributed by atoms with van der Waals surface area (Å²) in [6, 6.07) is 7.99. The van der Waals surface area contributed by atoms with Crippen LogP contribution in [0.5, 0.6) is 5.75 Å². The SMILES string of the molecule is COc1ccc(NS(=O)(=O)c2ccc(-c3cnc(C4CCC4)o3)s2)cc1Cl. The Labute approximate surface area is 166 Å². The molecule has 0 unspecified atom stereocenters. The third-order valence-electron chi connectivity index (χ3n) is 4.47. The molecule has 27 heavy (non-hydrogen) atoms. The van der Waals surface area contributed by atoms with Gasteiger partial charge in [-0.05, 0) is 43.2 Å². The molecule has 1 N–H and O–H groups in total. The van der Waals surface area contributed by atoms with Gasteiger partial charge in [-0.2, -0.15) is 0 Å². The highest BCUT2D eigenvalue weighted by molar-refractivity contribution is 7.94. The highest BCUT2D eigenvalue weighted by Gasteiger charge is 2.25. The maximum Gasteiger partial charge on any atom is 0.271 e. The van der Waals surface area contributed by atoms with E-state index in [0.29, 0.717) is 28.1 Å². The van der Waals surface area contributed by atoms with Gasteiger partial charge in [0.05, 0.1) is 28.9 Å². The highest BCUT2D eigenvalue weighted by atomic mass is 35.5. The zero-order valence-corrected chi connectivity index (χ0v) is 16.8. The predicted molar refractivity (Wildman–Crippen MR) is 105 cm³/mol. The van der Waals surface area contributed by atoms with Crippen molar-refractivity contribution in [2.24, 2.45) is 0 Å². The lowest BCUT2D eigenvalue weighted by Crippen LogP contribution is -2.11. The Morgan fingerprint density at radius 3 is 2.78 bits per heavy atom.